The Hall–Kier alpha value is -2.67. The quantitative estimate of drug-likeness (QED) is 0.904. The smallest absolute Gasteiger partial charge is 0.143 e. The Kier molecular flexibility index (Phi) is 3.41. The van der Waals surface area contributed by atoms with Crippen LogP contribution in [0, 0.1) is 11.3 Å². The molecule has 2 aromatic rings. The fourth-order valence-corrected chi connectivity index (χ4v) is 2.87. The Bertz CT molecular complexity index is 719. The topological polar surface area (TPSA) is 65.3 Å². The summed E-state index contributed by atoms with van der Waals surface area (Å²) in [5.41, 5.74) is 3.62. The molecule has 1 aliphatic carbocycles. The van der Waals surface area contributed by atoms with Crippen LogP contribution in [0.5, 0.6) is 11.5 Å². The highest BCUT2D eigenvalue weighted by molar-refractivity contribution is 5.67. The van der Waals surface area contributed by atoms with Crippen molar-refractivity contribution >= 4 is 5.69 Å². The molecule has 0 spiro atoms. The lowest BCUT2D eigenvalue weighted by Crippen LogP contribution is -2.09. The molecule has 0 saturated carbocycles. The molecule has 1 atom stereocenters. The zero-order valence-corrected chi connectivity index (χ0v) is 11.8. The number of fused-ring (bicyclic) bond motifs is 1. The van der Waals surface area contributed by atoms with Crippen molar-refractivity contribution in [1.29, 1.82) is 5.26 Å². The number of phenols is 1. The summed E-state index contributed by atoms with van der Waals surface area (Å²) in [5.74, 6) is 0.964. The SMILES string of the molecule is COc1cccc(C#N)c1NC1CCc2cc(O)ccc21. The van der Waals surface area contributed by atoms with Crippen LogP contribution in [0.2, 0.25) is 0 Å². The van der Waals surface area contributed by atoms with E-state index < -0.39 is 0 Å². The molecule has 4 nitrogen and oxygen atoms in total. The molecule has 3 rings (SSSR count). The fourth-order valence-electron chi connectivity index (χ4n) is 2.87. The van der Waals surface area contributed by atoms with Crippen molar-refractivity contribution in [2.45, 2.75) is 18.9 Å². The van der Waals surface area contributed by atoms with Gasteiger partial charge >= 0.3 is 0 Å². The summed E-state index contributed by atoms with van der Waals surface area (Å²) in [6.45, 7) is 0. The molecule has 0 amide bonds. The number of ether oxygens (including phenoxy) is 1. The van der Waals surface area contributed by atoms with Crippen molar-refractivity contribution in [1.82, 2.24) is 0 Å². The number of phenolic OH excluding ortho intramolecular Hbond substituents is 1. The summed E-state index contributed by atoms with van der Waals surface area (Å²) in [4.78, 5) is 0. The number of aromatic hydroxyl groups is 1. The van der Waals surface area contributed by atoms with E-state index in [1.165, 1.54) is 5.56 Å². The van der Waals surface area contributed by atoms with E-state index in [4.69, 9.17) is 4.74 Å². The van der Waals surface area contributed by atoms with Crippen LogP contribution in [-0.4, -0.2) is 12.2 Å². The molecule has 4 heteroatoms. The molecule has 0 fully saturated rings. The van der Waals surface area contributed by atoms with Crippen LogP contribution in [-0.2, 0) is 6.42 Å². The van der Waals surface area contributed by atoms with Crippen LogP contribution in [0.3, 0.4) is 0 Å². The third kappa shape index (κ3) is 2.38. The van der Waals surface area contributed by atoms with Gasteiger partial charge in [-0.3, -0.25) is 0 Å². The molecule has 106 valence electrons. The van der Waals surface area contributed by atoms with Gasteiger partial charge in [0.15, 0.2) is 0 Å². The van der Waals surface area contributed by atoms with Gasteiger partial charge in [0.2, 0.25) is 0 Å². The number of hydrogen-bond acceptors (Lipinski definition) is 4. The van der Waals surface area contributed by atoms with Gasteiger partial charge in [-0.25, -0.2) is 0 Å². The first kappa shape index (κ1) is 13.3. The average molecular weight is 280 g/mol. The lowest BCUT2D eigenvalue weighted by atomic mass is 10.1. The molecular formula is C17H16N2O2. The van der Waals surface area contributed by atoms with E-state index >= 15 is 0 Å². The zero-order valence-electron chi connectivity index (χ0n) is 11.8. The number of para-hydroxylation sites is 1. The second kappa shape index (κ2) is 5.37. The molecule has 1 aliphatic rings. The van der Waals surface area contributed by atoms with Crippen LogP contribution in [0.15, 0.2) is 36.4 Å². The van der Waals surface area contributed by atoms with E-state index in [0.29, 0.717) is 17.1 Å². The minimum atomic E-state index is 0.129. The Labute approximate surface area is 123 Å². The fraction of sp³-hybridized carbons (Fsp3) is 0.235. The van der Waals surface area contributed by atoms with Crippen molar-refractivity contribution in [2.24, 2.45) is 0 Å². The second-order valence-electron chi connectivity index (χ2n) is 5.11. The standard InChI is InChI=1S/C17H16N2O2/c1-21-16-4-2-3-12(10-18)17(16)19-15-8-5-11-9-13(20)6-7-14(11)15/h2-4,6-7,9,15,19-20H,5,8H2,1H3. The molecule has 21 heavy (non-hydrogen) atoms. The maximum Gasteiger partial charge on any atom is 0.143 e. The molecule has 2 N–H and O–H groups in total. The first-order valence-corrected chi connectivity index (χ1v) is 6.88. The highest BCUT2D eigenvalue weighted by Crippen LogP contribution is 2.38. The number of nitrogens with one attached hydrogen (secondary N) is 1. The Morgan fingerprint density at radius 3 is 2.95 bits per heavy atom. The van der Waals surface area contributed by atoms with Gasteiger partial charge in [0.1, 0.15) is 17.6 Å². The monoisotopic (exact) mass is 280 g/mol. The number of nitrogens with zero attached hydrogens (tertiary/aromatic N) is 1. The minimum Gasteiger partial charge on any atom is -0.508 e. The number of rotatable bonds is 3. The number of nitriles is 1. The van der Waals surface area contributed by atoms with E-state index in [-0.39, 0.29) is 6.04 Å². The molecule has 0 heterocycles. The molecule has 2 aromatic carbocycles. The Balaban J connectivity index is 1.95. The number of hydrogen-bond donors (Lipinski definition) is 2. The van der Waals surface area contributed by atoms with E-state index in [1.807, 2.05) is 24.3 Å². The van der Waals surface area contributed by atoms with E-state index in [2.05, 4.69) is 11.4 Å². The van der Waals surface area contributed by atoms with Crippen LogP contribution in [0.1, 0.15) is 29.2 Å². The summed E-state index contributed by atoms with van der Waals surface area (Å²) < 4.78 is 5.35. The van der Waals surface area contributed by atoms with Crippen molar-refractivity contribution in [3.05, 3.63) is 53.1 Å². The Morgan fingerprint density at radius 1 is 1.33 bits per heavy atom. The highest BCUT2D eigenvalue weighted by Gasteiger charge is 2.24. The van der Waals surface area contributed by atoms with Gasteiger partial charge in [-0.2, -0.15) is 5.26 Å². The molecular weight excluding hydrogens is 264 g/mol. The van der Waals surface area contributed by atoms with Crippen molar-refractivity contribution in [3.8, 4) is 17.6 Å². The van der Waals surface area contributed by atoms with Crippen LogP contribution in [0.4, 0.5) is 5.69 Å². The van der Waals surface area contributed by atoms with Gasteiger partial charge in [-0.15, -0.1) is 0 Å². The number of anilines is 1. The summed E-state index contributed by atoms with van der Waals surface area (Å²) in [6, 6.07) is 13.2. The normalized spacial score (nSPS) is 16.1. The lowest BCUT2D eigenvalue weighted by molar-refractivity contribution is 0.416. The van der Waals surface area contributed by atoms with Crippen molar-refractivity contribution in [2.75, 3.05) is 12.4 Å². The zero-order chi connectivity index (χ0) is 14.8. The third-order valence-electron chi connectivity index (χ3n) is 3.89. The van der Waals surface area contributed by atoms with Gasteiger partial charge in [-0.1, -0.05) is 12.1 Å². The van der Waals surface area contributed by atoms with Crippen LogP contribution < -0.4 is 10.1 Å². The second-order valence-corrected chi connectivity index (χ2v) is 5.11. The van der Waals surface area contributed by atoms with Gasteiger partial charge in [0.25, 0.3) is 0 Å². The Morgan fingerprint density at radius 2 is 2.19 bits per heavy atom. The average Bonchev–Trinajstić information content (AvgIpc) is 2.89. The largest absolute Gasteiger partial charge is 0.508 e. The summed E-state index contributed by atoms with van der Waals surface area (Å²) in [6.07, 6.45) is 1.85. The van der Waals surface area contributed by atoms with Crippen LogP contribution >= 0.6 is 0 Å². The maximum absolute atomic E-state index is 9.55. The summed E-state index contributed by atoms with van der Waals surface area (Å²) >= 11 is 0. The van der Waals surface area contributed by atoms with E-state index in [9.17, 15) is 10.4 Å². The minimum absolute atomic E-state index is 0.129. The van der Waals surface area contributed by atoms with Gasteiger partial charge < -0.3 is 15.2 Å². The lowest BCUT2D eigenvalue weighted by Gasteiger charge is -2.19. The predicted molar refractivity (Wildman–Crippen MR) is 80.5 cm³/mol. The molecule has 1 unspecified atom stereocenters. The molecule has 0 saturated heterocycles. The molecule has 0 radical (unpaired) electrons. The molecule has 0 aromatic heterocycles. The van der Waals surface area contributed by atoms with E-state index in [1.54, 1.807) is 19.2 Å². The molecule has 0 aliphatic heterocycles. The van der Waals surface area contributed by atoms with Crippen LogP contribution in [0.25, 0.3) is 0 Å². The number of methoxy groups -OCH3 is 1. The number of aryl methyl sites for hydroxylation is 1. The summed E-state index contributed by atoms with van der Waals surface area (Å²) in [5, 5.41) is 22.2. The maximum atomic E-state index is 9.55. The highest BCUT2D eigenvalue weighted by atomic mass is 16.5. The molecule has 0 bridgehead atoms. The van der Waals surface area contributed by atoms with Gasteiger partial charge in [-0.05, 0) is 48.2 Å². The number of benzene rings is 2. The van der Waals surface area contributed by atoms with Crippen molar-refractivity contribution < 1.29 is 9.84 Å². The van der Waals surface area contributed by atoms with E-state index in [0.717, 1.165) is 24.1 Å². The van der Waals surface area contributed by atoms with Gasteiger partial charge in [0.05, 0.1) is 24.4 Å². The first-order chi connectivity index (χ1) is 10.2. The predicted octanol–water partition coefficient (Wildman–Crippen LogP) is 3.37. The first-order valence-electron chi connectivity index (χ1n) is 6.88. The van der Waals surface area contributed by atoms with Crippen molar-refractivity contribution in [3.63, 3.8) is 0 Å². The third-order valence-corrected chi connectivity index (χ3v) is 3.89. The van der Waals surface area contributed by atoms with Gasteiger partial charge in [0, 0.05) is 0 Å². The summed E-state index contributed by atoms with van der Waals surface area (Å²) in [7, 11) is 1.60.